The number of hydrogen-bond donors (Lipinski definition) is 1. The van der Waals surface area contributed by atoms with Crippen molar-refractivity contribution in [3.63, 3.8) is 0 Å². The Morgan fingerprint density at radius 1 is 1.19 bits per heavy atom. The number of hydrogen-bond acceptors (Lipinski definition) is 3. The molecule has 0 spiro atoms. The highest BCUT2D eigenvalue weighted by Gasteiger charge is 2.18. The maximum Gasteiger partial charge on any atom is 0.242 e. The predicted molar refractivity (Wildman–Crippen MR) is 80.9 cm³/mol. The fourth-order valence-electron chi connectivity index (χ4n) is 1.95. The summed E-state index contributed by atoms with van der Waals surface area (Å²) >= 11 is 0. The summed E-state index contributed by atoms with van der Waals surface area (Å²) in [6.07, 6.45) is 0.402. The van der Waals surface area contributed by atoms with Crippen LogP contribution < -0.4 is 10.1 Å². The summed E-state index contributed by atoms with van der Waals surface area (Å²) in [7, 11) is 1.58. The van der Waals surface area contributed by atoms with Crippen LogP contribution >= 0.6 is 0 Å². The Bertz CT molecular complexity index is 630. The van der Waals surface area contributed by atoms with Gasteiger partial charge in [0.25, 0.3) is 0 Å². The molecule has 0 radical (unpaired) electrons. The molecule has 0 bridgehead atoms. The third-order valence-corrected chi connectivity index (χ3v) is 3.11. The van der Waals surface area contributed by atoms with Crippen LogP contribution in [0.1, 0.15) is 5.56 Å². The van der Waals surface area contributed by atoms with Gasteiger partial charge >= 0.3 is 0 Å². The minimum absolute atomic E-state index is 0.300. The van der Waals surface area contributed by atoms with Gasteiger partial charge in [-0.25, -0.2) is 0 Å². The van der Waals surface area contributed by atoms with Crippen LogP contribution in [0.4, 0.5) is 5.69 Å². The summed E-state index contributed by atoms with van der Waals surface area (Å²) in [5, 5.41) is 11.9. The van der Waals surface area contributed by atoms with Crippen LogP contribution in [0.3, 0.4) is 0 Å². The van der Waals surface area contributed by atoms with E-state index in [4.69, 9.17) is 4.74 Å². The van der Waals surface area contributed by atoms with E-state index in [0.717, 1.165) is 5.56 Å². The molecule has 0 aliphatic heterocycles. The Morgan fingerprint density at radius 2 is 1.86 bits per heavy atom. The van der Waals surface area contributed by atoms with Crippen molar-refractivity contribution in [1.29, 1.82) is 5.26 Å². The summed E-state index contributed by atoms with van der Waals surface area (Å²) in [4.78, 5) is 12.1. The number of nitriles is 1. The molecule has 2 aromatic rings. The van der Waals surface area contributed by atoms with Crippen molar-refractivity contribution in [2.24, 2.45) is 5.92 Å². The van der Waals surface area contributed by atoms with E-state index in [2.05, 4.69) is 11.4 Å². The van der Waals surface area contributed by atoms with Crippen LogP contribution in [0.2, 0.25) is 0 Å². The molecule has 1 atom stereocenters. The minimum Gasteiger partial charge on any atom is -0.497 e. The summed E-state index contributed by atoms with van der Waals surface area (Å²) in [6.45, 7) is 0. The minimum atomic E-state index is -0.713. The number of carbonyl (C=O) groups is 1. The Morgan fingerprint density at radius 3 is 2.43 bits per heavy atom. The fraction of sp³-hybridized carbons (Fsp3) is 0.176. The first-order valence-electron chi connectivity index (χ1n) is 6.61. The van der Waals surface area contributed by atoms with Gasteiger partial charge in [-0.15, -0.1) is 0 Å². The largest absolute Gasteiger partial charge is 0.497 e. The van der Waals surface area contributed by atoms with Crippen molar-refractivity contribution in [3.8, 4) is 11.8 Å². The second kappa shape index (κ2) is 7.11. The molecule has 0 fully saturated rings. The van der Waals surface area contributed by atoms with Crippen molar-refractivity contribution < 1.29 is 9.53 Å². The Hall–Kier alpha value is -2.80. The molecule has 0 aromatic heterocycles. The molecule has 0 saturated carbocycles. The molecule has 4 heteroatoms. The van der Waals surface area contributed by atoms with Gasteiger partial charge in [0.15, 0.2) is 0 Å². The summed E-state index contributed by atoms with van der Waals surface area (Å²) in [6, 6.07) is 18.6. The molecule has 0 aliphatic carbocycles. The number of amides is 1. The average Bonchev–Trinajstić information content (AvgIpc) is 2.54. The van der Waals surface area contributed by atoms with Crippen LogP contribution in [0, 0.1) is 17.2 Å². The van der Waals surface area contributed by atoms with Crippen molar-refractivity contribution >= 4 is 11.6 Å². The number of anilines is 1. The van der Waals surface area contributed by atoms with E-state index in [1.54, 1.807) is 31.4 Å². The Kier molecular flexibility index (Phi) is 4.94. The standard InChI is InChI=1S/C17H16N2O2/c1-21-16-9-7-15(8-10-16)19-17(20)14(12-18)11-13-5-3-2-4-6-13/h2-10,14H,11H2,1H3,(H,19,20). The SMILES string of the molecule is COc1ccc(NC(=O)C(C#N)Cc2ccccc2)cc1. The van der Waals surface area contributed by atoms with E-state index in [9.17, 15) is 10.1 Å². The molecule has 106 valence electrons. The molecule has 2 aromatic carbocycles. The van der Waals surface area contributed by atoms with Crippen molar-refractivity contribution in [2.45, 2.75) is 6.42 Å². The third-order valence-electron chi connectivity index (χ3n) is 3.11. The number of carbonyl (C=O) groups excluding carboxylic acids is 1. The molecular formula is C17H16N2O2. The maximum atomic E-state index is 12.1. The first kappa shape index (κ1) is 14.6. The number of nitrogens with zero attached hydrogens (tertiary/aromatic N) is 1. The zero-order chi connectivity index (χ0) is 15.1. The van der Waals surface area contributed by atoms with E-state index in [-0.39, 0.29) is 5.91 Å². The highest BCUT2D eigenvalue weighted by Crippen LogP contribution is 2.16. The van der Waals surface area contributed by atoms with E-state index in [1.165, 1.54) is 0 Å². The van der Waals surface area contributed by atoms with Gasteiger partial charge in [0.1, 0.15) is 11.7 Å². The van der Waals surface area contributed by atoms with E-state index in [1.807, 2.05) is 30.3 Å². The van der Waals surface area contributed by atoms with Gasteiger partial charge in [0.2, 0.25) is 5.91 Å². The topological polar surface area (TPSA) is 62.1 Å². The summed E-state index contributed by atoms with van der Waals surface area (Å²) < 4.78 is 5.06. The fourth-order valence-corrected chi connectivity index (χ4v) is 1.95. The normalized spacial score (nSPS) is 11.2. The van der Waals surface area contributed by atoms with Crippen LogP contribution in [-0.2, 0) is 11.2 Å². The number of rotatable bonds is 5. The quantitative estimate of drug-likeness (QED) is 0.915. The lowest BCUT2D eigenvalue weighted by molar-refractivity contribution is -0.118. The first-order chi connectivity index (χ1) is 10.2. The second-order valence-electron chi connectivity index (χ2n) is 4.59. The zero-order valence-electron chi connectivity index (χ0n) is 11.7. The lowest BCUT2D eigenvalue weighted by Gasteiger charge is -2.10. The Labute approximate surface area is 124 Å². The van der Waals surface area contributed by atoms with Gasteiger partial charge in [0, 0.05) is 5.69 Å². The first-order valence-corrected chi connectivity index (χ1v) is 6.61. The third kappa shape index (κ3) is 4.08. The molecule has 0 heterocycles. The lowest BCUT2D eigenvalue weighted by Crippen LogP contribution is -2.23. The van der Waals surface area contributed by atoms with Crippen LogP contribution in [0.5, 0.6) is 5.75 Å². The Balaban J connectivity index is 2.01. The van der Waals surface area contributed by atoms with Crippen LogP contribution in [-0.4, -0.2) is 13.0 Å². The number of benzene rings is 2. The smallest absolute Gasteiger partial charge is 0.242 e. The highest BCUT2D eigenvalue weighted by molar-refractivity contribution is 5.94. The van der Waals surface area contributed by atoms with Crippen molar-refractivity contribution in [2.75, 3.05) is 12.4 Å². The molecule has 0 aliphatic rings. The van der Waals surface area contributed by atoms with Gasteiger partial charge < -0.3 is 10.1 Å². The van der Waals surface area contributed by atoms with Gasteiger partial charge in [-0.2, -0.15) is 5.26 Å². The summed E-state index contributed by atoms with van der Waals surface area (Å²) in [5.74, 6) is -0.296. The highest BCUT2D eigenvalue weighted by atomic mass is 16.5. The molecule has 2 rings (SSSR count). The zero-order valence-corrected chi connectivity index (χ0v) is 11.7. The van der Waals surface area contributed by atoms with Gasteiger partial charge in [-0.3, -0.25) is 4.79 Å². The van der Waals surface area contributed by atoms with Gasteiger partial charge in [0.05, 0.1) is 13.2 Å². The van der Waals surface area contributed by atoms with Gasteiger partial charge in [-0.1, -0.05) is 30.3 Å². The number of methoxy groups -OCH3 is 1. The maximum absolute atomic E-state index is 12.1. The van der Waals surface area contributed by atoms with E-state index >= 15 is 0 Å². The predicted octanol–water partition coefficient (Wildman–Crippen LogP) is 3.02. The molecule has 4 nitrogen and oxygen atoms in total. The second-order valence-corrected chi connectivity index (χ2v) is 4.59. The molecule has 21 heavy (non-hydrogen) atoms. The van der Waals surface area contributed by atoms with Crippen LogP contribution in [0.15, 0.2) is 54.6 Å². The molecule has 0 saturated heterocycles. The monoisotopic (exact) mass is 280 g/mol. The summed E-state index contributed by atoms with van der Waals surface area (Å²) in [5.41, 5.74) is 1.61. The van der Waals surface area contributed by atoms with Crippen LogP contribution in [0.25, 0.3) is 0 Å². The number of ether oxygens (including phenoxy) is 1. The molecule has 1 unspecified atom stereocenters. The molecule has 1 N–H and O–H groups in total. The number of nitrogens with one attached hydrogen (secondary N) is 1. The van der Waals surface area contributed by atoms with Crippen molar-refractivity contribution in [3.05, 3.63) is 60.2 Å². The molecular weight excluding hydrogens is 264 g/mol. The lowest BCUT2D eigenvalue weighted by atomic mass is 10.00. The average molecular weight is 280 g/mol. The van der Waals surface area contributed by atoms with Crippen molar-refractivity contribution in [1.82, 2.24) is 0 Å². The molecule has 1 amide bonds. The van der Waals surface area contributed by atoms with Gasteiger partial charge in [-0.05, 0) is 36.2 Å². The van der Waals surface area contributed by atoms with E-state index in [0.29, 0.717) is 17.9 Å². The van der Waals surface area contributed by atoms with E-state index < -0.39 is 5.92 Å².